The maximum Gasteiger partial charge on any atom is 0.302 e. The minimum atomic E-state index is -1.03. The molecule has 1 atom stereocenters. The van der Waals surface area contributed by atoms with Crippen molar-refractivity contribution < 1.29 is 28.9 Å². The molecular weight excluding hydrogens is 510 g/mol. The number of ether oxygens (including phenoxy) is 3. The van der Waals surface area contributed by atoms with Crippen molar-refractivity contribution in [2.24, 2.45) is 0 Å². The van der Waals surface area contributed by atoms with Crippen molar-refractivity contribution in [2.75, 3.05) is 25.7 Å². The Kier molecular flexibility index (Phi) is 6.69. The Morgan fingerprint density at radius 2 is 1.79 bits per heavy atom. The summed E-state index contributed by atoms with van der Waals surface area (Å²) in [7, 11) is 3.00. The lowest BCUT2D eigenvalue weighted by Crippen LogP contribution is -2.30. The van der Waals surface area contributed by atoms with Gasteiger partial charge in [-0.3, -0.25) is 14.5 Å². The summed E-state index contributed by atoms with van der Waals surface area (Å²) >= 11 is 6.23. The van der Waals surface area contributed by atoms with Gasteiger partial charge >= 0.3 is 5.91 Å². The number of anilines is 1. The Morgan fingerprint density at radius 3 is 2.50 bits per heavy atom. The van der Waals surface area contributed by atoms with Crippen LogP contribution >= 0.6 is 11.6 Å². The minimum absolute atomic E-state index is 0.118. The monoisotopic (exact) mass is 533 g/mol. The summed E-state index contributed by atoms with van der Waals surface area (Å²) < 4.78 is 16.4. The third-order valence-corrected chi connectivity index (χ3v) is 6.59. The van der Waals surface area contributed by atoms with Crippen LogP contribution in [0.2, 0.25) is 5.02 Å². The number of carbonyl (C=O) groups is 2. The van der Waals surface area contributed by atoms with Gasteiger partial charge in [-0.05, 0) is 55.0 Å². The number of aliphatic hydroxyl groups excluding tert-OH is 1. The van der Waals surface area contributed by atoms with Crippen LogP contribution in [0.5, 0.6) is 17.2 Å². The largest absolute Gasteiger partial charge is 0.507 e. The second-order valence-corrected chi connectivity index (χ2v) is 8.85. The van der Waals surface area contributed by atoms with Gasteiger partial charge in [0.25, 0.3) is 5.78 Å². The number of nitrogens with zero attached hydrogens (tertiary/aromatic N) is 2. The summed E-state index contributed by atoms with van der Waals surface area (Å²) in [6, 6.07) is 15.9. The predicted octanol–water partition coefficient (Wildman–Crippen LogP) is 5.26. The van der Waals surface area contributed by atoms with Crippen LogP contribution in [0.1, 0.15) is 24.1 Å². The third-order valence-electron chi connectivity index (χ3n) is 6.28. The number of benzene rings is 3. The molecule has 0 saturated carbocycles. The minimum Gasteiger partial charge on any atom is -0.507 e. The van der Waals surface area contributed by atoms with Gasteiger partial charge in [-0.25, -0.2) is 4.98 Å². The van der Waals surface area contributed by atoms with Gasteiger partial charge < -0.3 is 24.3 Å². The number of halogens is 1. The quantitative estimate of drug-likeness (QED) is 0.189. The number of methoxy groups -OCH3 is 2. The number of aliphatic hydroxyl groups is 1. The average Bonchev–Trinajstić information content (AvgIpc) is 3.47. The molecule has 1 aliphatic rings. The molecule has 2 heterocycles. The fourth-order valence-corrected chi connectivity index (χ4v) is 4.69. The number of rotatable bonds is 7. The van der Waals surface area contributed by atoms with Gasteiger partial charge in [0, 0.05) is 5.56 Å². The maximum absolute atomic E-state index is 13.5. The van der Waals surface area contributed by atoms with Gasteiger partial charge in [0.1, 0.15) is 11.5 Å². The molecule has 194 valence electrons. The maximum atomic E-state index is 13.5. The fourth-order valence-electron chi connectivity index (χ4n) is 4.51. The molecule has 4 aromatic rings. The van der Waals surface area contributed by atoms with Crippen molar-refractivity contribution in [3.63, 3.8) is 0 Å². The molecule has 1 fully saturated rings. The van der Waals surface area contributed by atoms with Crippen molar-refractivity contribution in [1.82, 2.24) is 9.97 Å². The molecule has 0 spiro atoms. The summed E-state index contributed by atoms with van der Waals surface area (Å²) in [6.07, 6.45) is 0. The van der Waals surface area contributed by atoms with E-state index in [1.165, 1.54) is 25.2 Å². The summed E-state index contributed by atoms with van der Waals surface area (Å²) in [5, 5.41) is 11.8. The normalized spacial score (nSPS) is 16.7. The Labute approximate surface area is 223 Å². The molecule has 1 aromatic heterocycles. The first-order valence-electron chi connectivity index (χ1n) is 11.8. The summed E-state index contributed by atoms with van der Waals surface area (Å²) in [6.45, 7) is 2.16. The van der Waals surface area contributed by atoms with E-state index in [-0.39, 0.29) is 22.8 Å². The van der Waals surface area contributed by atoms with Gasteiger partial charge in [0.2, 0.25) is 5.95 Å². The third kappa shape index (κ3) is 4.20. The Balaban J connectivity index is 1.74. The zero-order chi connectivity index (χ0) is 27.0. The highest BCUT2D eigenvalue weighted by Crippen LogP contribution is 2.44. The number of amides is 1. The van der Waals surface area contributed by atoms with Gasteiger partial charge in [0.05, 0.1) is 48.5 Å². The Bertz CT molecular complexity index is 1560. The summed E-state index contributed by atoms with van der Waals surface area (Å²) in [4.78, 5) is 35.9. The molecule has 1 aliphatic heterocycles. The molecule has 5 rings (SSSR count). The van der Waals surface area contributed by atoms with Gasteiger partial charge in [-0.2, -0.15) is 0 Å². The number of Topliss-reactive ketones (excluding diaryl/α,β-unsaturated/α-hetero) is 1. The van der Waals surface area contributed by atoms with Crippen molar-refractivity contribution in [2.45, 2.75) is 13.0 Å². The topological polar surface area (TPSA) is 114 Å². The number of nitrogens with one attached hydrogen (secondary N) is 1. The first kappa shape index (κ1) is 25.2. The molecular formula is C28H24ClN3O6. The van der Waals surface area contributed by atoms with E-state index in [0.29, 0.717) is 45.5 Å². The second-order valence-electron chi connectivity index (χ2n) is 8.44. The molecule has 1 amide bonds. The number of imidazole rings is 1. The number of aromatic amines is 1. The SMILES string of the molecule is CCOc1cc(/C(O)=C2\C(=O)C(=O)N(c3nc4ccccc4[nH]3)C2c2ccc(OC)c(OC)c2)ccc1Cl. The lowest BCUT2D eigenvalue weighted by atomic mass is 9.95. The Morgan fingerprint density at radius 1 is 1.03 bits per heavy atom. The predicted molar refractivity (Wildman–Crippen MR) is 143 cm³/mol. The van der Waals surface area contributed by atoms with Crippen LogP contribution in [0.4, 0.5) is 5.95 Å². The number of fused-ring (bicyclic) bond motifs is 1. The molecule has 38 heavy (non-hydrogen) atoms. The van der Waals surface area contributed by atoms with Crippen LogP contribution in [0.25, 0.3) is 16.8 Å². The van der Waals surface area contributed by atoms with Crippen LogP contribution < -0.4 is 19.1 Å². The number of ketones is 1. The van der Waals surface area contributed by atoms with E-state index in [0.717, 1.165) is 0 Å². The van der Waals surface area contributed by atoms with Crippen LogP contribution in [0, 0.1) is 0 Å². The van der Waals surface area contributed by atoms with E-state index in [4.69, 9.17) is 25.8 Å². The second kappa shape index (κ2) is 10.1. The van der Waals surface area contributed by atoms with E-state index in [1.54, 1.807) is 43.3 Å². The van der Waals surface area contributed by atoms with Crippen LogP contribution in [-0.4, -0.2) is 47.6 Å². The molecule has 9 nitrogen and oxygen atoms in total. The van der Waals surface area contributed by atoms with E-state index in [9.17, 15) is 14.7 Å². The van der Waals surface area contributed by atoms with Crippen molar-refractivity contribution >= 4 is 46.0 Å². The molecule has 10 heteroatoms. The highest BCUT2D eigenvalue weighted by atomic mass is 35.5. The van der Waals surface area contributed by atoms with E-state index < -0.39 is 17.7 Å². The highest BCUT2D eigenvalue weighted by Gasteiger charge is 2.48. The zero-order valence-corrected chi connectivity index (χ0v) is 21.6. The zero-order valence-electron chi connectivity index (χ0n) is 20.8. The lowest BCUT2D eigenvalue weighted by Gasteiger charge is -2.24. The van der Waals surface area contributed by atoms with Crippen LogP contribution in [0.3, 0.4) is 0 Å². The number of hydrogen-bond donors (Lipinski definition) is 2. The number of hydrogen-bond acceptors (Lipinski definition) is 7. The smallest absolute Gasteiger partial charge is 0.302 e. The van der Waals surface area contributed by atoms with Gasteiger partial charge in [-0.15, -0.1) is 0 Å². The van der Waals surface area contributed by atoms with E-state index >= 15 is 0 Å². The molecule has 1 saturated heterocycles. The van der Waals surface area contributed by atoms with Gasteiger partial charge in [-0.1, -0.05) is 29.8 Å². The number of aromatic nitrogens is 2. The van der Waals surface area contributed by atoms with Crippen molar-refractivity contribution in [1.29, 1.82) is 0 Å². The average molecular weight is 534 g/mol. The van der Waals surface area contributed by atoms with Crippen molar-refractivity contribution in [3.05, 3.63) is 82.4 Å². The summed E-state index contributed by atoms with van der Waals surface area (Å²) in [5.41, 5.74) is 1.96. The number of carbonyl (C=O) groups excluding carboxylic acids is 2. The fraction of sp³-hybridized carbons (Fsp3) is 0.179. The van der Waals surface area contributed by atoms with E-state index in [2.05, 4.69) is 9.97 Å². The Hall–Kier alpha value is -4.50. The summed E-state index contributed by atoms with van der Waals surface area (Å²) in [5.74, 6) is -0.716. The van der Waals surface area contributed by atoms with Crippen LogP contribution in [-0.2, 0) is 9.59 Å². The highest BCUT2D eigenvalue weighted by molar-refractivity contribution is 6.51. The first-order valence-corrected chi connectivity index (χ1v) is 12.2. The molecule has 3 aromatic carbocycles. The van der Waals surface area contributed by atoms with E-state index in [1.807, 2.05) is 18.2 Å². The first-order chi connectivity index (χ1) is 18.4. The number of H-pyrrole nitrogens is 1. The molecule has 1 unspecified atom stereocenters. The van der Waals surface area contributed by atoms with Gasteiger partial charge in [0.15, 0.2) is 11.5 Å². The number of para-hydroxylation sites is 2. The molecule has 2 N–H and O–H groups in total. The molecule has 0 bridgehead atoms. The van der Waals surface area contributed by atoms with Crippen molar-refractivity contribution in [3.8, 4) is 17.2 Å². The van der Waals surface area contributed by atoms with Crippen LogP contribution in [0.15, 0.2) is 66.2 Å². The lowest BCUT2D eigenvalue weighted by molar-refractivity contribution is -0.132. The molecule has 0 radical (unpaired) electrons. The standard InChI is InChI=1S/C28H24ClN3O6/c1-4-38-21-14-16(9-11-17(21)29)25(33)23-24(15-10-12-20(36-2)22(13-15)37-3)32(27(35)26(23)34)28-30-18-7-5-6-8-19(18)31-28/h5-14,24,33H,4H2,1-3H3,(H,30,31)/b25-23+. The molecule has 0 aliphatic carbocycles.